The SMILES string of the molecule is CC[C@H](C)[C@@H]1NC(=O)[C@H](Cc2ccc(O)cc2)NC(=O)[C@H]([C@@H](C)CC)NC(=O)[C@H](CC(C)C)NC(=O)[C@H](Cc2ccccc2)NC(=O)CSC[C@@H](C(=O)NCC(N)=O)NC(=O)[C@H](CCCNC(=N)N)NC(=O)[C@H](Cc2ccccc2)NC(=O)[C@H](C(C)C)NC(=O)[C@H](CCCNC(=N)N)NC(=O)[C@H](CC(=O)O)NC(=O)[C@H](CCCNC(=N)N)NC1=O. The third-order valence-electron chi connectivity index (χ3n) is 19.5. The number of rotatable bonds is 30. The van der Waals surface area contributed by atoms with Gasteiger partial charge in [-0.3, -0.25) is 88.1 Å². The van der Waals surface area contributed by atoms with Crippen LogP contribution in [0.3, 0.4) is 0 Å². The third kappa shape index (κ3) is 36.7. The van der Waals surface area contributed by atoms with Crippen LogP contribution in [0.2, 0.25) is 0 Å². The van der Waals surface area contributed by atoms with Crippen LogP contribution in [0.25, 0.3) is 0 Å². The van der Waals surface area contributed by atoms with Gasteiger partial charge < -0.3 is 118 Å². The maximum Gasteiger partial charge on any atom is 0.305 e. The number of carbonyl (C=O) groups is 15. The van der Waals surface area contributed by atoms with Crippen molar-refractivity contribution in [3.63, 3.8) is 0 Å². The smallest absolute Gasteiger partial charge is 0.305 e. The number of phenols is 1. The summed E-state index contributed by atoms with van der Waals surface area (Å²) in [5.41, 5.74) is 23.6. The molecule has 1 saturated heterocycles. The molecule has 0 aromatic heterocycles. The molecule has 4 rings (SSSR count). The lowest BCUT2D eigenvalue weighted by Crippen LogP contribution is -2.62. The highest BCUT2D eigenvalue weighted by Crippen LogP contribution is 2.19. The lowest BCUT2D eigenvalue weighted by molar-refractivity contribution is -0.142. The predicted molar refractivity (Wildman–Crippen MR) is 448 cm³/mol. The fourth-order valence-electron chi connectivity index (χ4n) is 12.5. The molecule has 0 bridgehead atoms. The number of phenolic OH excluding ortho intramolecular Hbond substituents is 1. The molecule has 0 radical (unpaired) electrons. The molecule has 120 heavy (non-hydrogen) atoms. The molecule has 3 aromatic rings. The molecule has 1 fully saturated rings. The van der Waals surface area contributed by atoms with Gasteiger partial charge in [-0.25, -0.2) is 0 Å². The summed E-state index contributed by atoms with van der Waals surface area (Å²) in [4.78, 5) is 217. The number of thioether (sulfide) groups is 1. The summed E-state index contributed by atoms with van der Waals surface area (Å²) in [6.07, 6.45) is -2.26. The molecule has 14 atom stereocenters. The maximum atomic E-state index is 15.1. The summed E-state index contributed by atoms with van der Waals surface area (Å²) in [7, 11) is 0. The number of hydrogen-bond acceptors (Lipinski definition) is 20. The number of benzene rings is 3. The van der Waals surface area contributed by atoms with E-state index in [9.17, 15) is 72.5 Å². The summed E-state index contributed by atoms with van der Waals surface area (Å²) >= 11 is 0.797. The van der Waals surface area contributed by atoms with Crippen molar-refractivity contribution in [3.05, 3.63) is 102 Å². The van der Waals surface area contributed by atoms with Gasteiger partial charge in [-0.1, -0.05) is 141 Å². The molecule has 1 heterocycles. The first kappa shape index (κ1) is 100. The number of carbonyl (C=O) groups excluding carboxylic acids is 14. The van der Waals surface area contributed by atoms with Crippen LogP contribution in [-0.2, 0) is 91.2 Å². The van der Waals surface area contributed by atoms with E-state index < -0.39 is 221 Å². The van der Waals surface area contributed by atoms with Gasteiger partial charge in [0, 0.05) is 44.6 Å². The normalized spacial score (nSPS) is 22.9. The van der Waals surface area contributed by atoms with E-state index in [1.165, 1.54) is 38.1 Å². The minimum atomic E-state index is -2.04. The quantitative estimate of drug-likeness (QED) is 0.0176. The van der Waals surface area contributed by atoms with Gasteiger partial charge in [-0.05, 0) is 97.4 Å². The van der Waals surface area contributed by atoms with Gasteiger partial charge in [0.1, 0.15) is 78.3 Å². The molecule has 0 aliphatic carbocycles. The van der Waals surface area contributed by atoms with E-state index in [-0.39, 0.29) is 108 Å². The van der Waals surface area contributed by atoms with Crippen molar-refractivity contribution < 1.29 is 82.1 Å². The van der Waals surface area contributed by atoms with E-state index in [1.54, 1.807) is 102 Å². The maximum absolute atomic E-state index is 15.1. The van der Waals surface area contributed by atoms with Gasteiger partial charge in [-0.2, -0.15) is 0 Å². The van der Waals surface area contributed by atoms with Crippen LogP contribution >= 0.6 is 11.8 Å². The number of aromatic hydroxyl groups is 1. The highest BCUT2D eigenvalue weighted by atomic mass is 32.2. The van der Waals surface area contributed by atoms with Crippen LogP contribution in [0.1, 0.15) is 136 Å². The molecular formula is C79H121N23O17S. The summed E-state index contributed by atoms with van der Waals surface area (Å²) in [5.74, 6) is -20.3. The Morgan fingerprint density at radius 1 is 0.433 bits per heavy atom. The van der Waals surface area contributed by atoms with E-state index >= 15 is 9.59 Å². The van der Waals surface area contributed by atoms with Gasteiger partial charge in [0.25, 0.3) is 0 Å². The minimum absolute atomic E-state index is 0.0209. The van der Waals surface area contributed by atoms with E-state index in [4.69, 9.17) is 39.2 Å². The Morgan fingerprint density at radius 2 is 0.775 bits per heavy atom. The lowest BCUT2D eigenvalue weighted by Gasteiger charge is -2.31. The number of nitrogens with two attached hydrogens (primary N) is 4. The van der Waals surface area contributed by atoms with Crippen LogP contribution in [0.15, 0.2) is 84.9 Å². The molecule has 14 amide bonds. The summed E-state index contributed by atoms with van der Waals surface area (Å²) in [5, 5.41) is 85.7. The number of primary amides is 1. The standard InChI is InChI=1S/C79H121N23O17S/c1-9-44(7)63-75(118)94-51(25-18-32-88-78(83)84)66(109)96-57(38-61(106)107)71(114)93-52(26-19-33-89-79(85)86)68(111)100-62(43(5)6)74(117)97-55(36-47-22-15-12-16-23-47)70(113)92-50(24-17-31-87-77(81)82)67(110)99-58(65(108)90-39-59(80)104)40-120-41-60(105)91-54(35-46-20-13-11-14-21-46)69(112)95-53(34-42(3)4)72(115)101-64(45(8)10-2)76(119)98-56(73(116)102-63)37-48-27-29-49(103)30-28-48/h11-16,20-23,27-30,42-45,50-58,62-64,103H,9-10,17-19,24-26,31-41H2,1-8H3,(H2,80,104)(H,90,108)(H,91,105)(H,92,113)(H,93,114)(H,94,118)(H,95,112)(H,96,109)(H,97,117)(H,98,119)(H,99,110)(H,100,111)(H,101,115)(H,102,116)(H,106,107)(H4,81,82,87)(H4,83,84,88)(H4,85,86,89)/t44-,45-,50-,51-,52-,53-,54-,55-,56-,57-,58-,62-,63-,64-/m0/s1. The Balaban J connectivity index is 1.99. The average molecular weight is 1700 g/mol. The molecule has 1 aliphatic rings. The summed E-state index contributed by atoms with van der Waals surface area (Å²) in [6.45, 7) is 12.5. The van der Waals surface area contributed by atoms with Crippen molar-refractivity contribution in [3.8, 4) is 5.75 Å². The third-order valence-corrected chi connectivity index (χ3v) is 20.5. The van der Waals surface area contributed by atoms with Gasteiger partial charge >= 0.3 is 5.97 Å². The molecule has 29 N–H and O–H groups in total. The molecule has 0 unspecified atom stereocenters. The number of carboxylic acid groups (broad SMARTS) is 1. The largest absolute Gasteiger partial charge is 0.508 e. The minimum Gasteiger partial charge on any atom is -0.508 e. The Hall–Kier alpha value is -12.3. The van der Waals surface area contributed by atoms with E-state index in [2.05, 4.69) is 85.1 Å². The Morgan fingerprint density at radius 3 is 1.18 bits per heavy atom. The molecule has 41 heteroatoms. The van der Waals surface area contributed by atoms with Gasteiger partial charge in [0.05, 0.1) is 18.7 Å². The average Bonchev–Trinajstić information content (AvgIpc) is 0.836. The van der Waals surface area contributed by atoms with Crippen LogP contribution < -0.4 is 108 Å². The molecular weight excluding hydrogens is 1580 g/mol. The lowest BCUT2D eigenvalue weighted by atomic mass is 9.95. The monoisotopic (exact) mass is 1700 g/mol. The molecule has 3 aromatic carbocycles. The zero-order valence-corrected chi connectivity index (χ0v) is 69.8. The molecule has 1 aliphatic heterocycles. The predicted octanol–water partition coefficient (Wildman–Crippen LogP) is -3.36. The number of hydrogen-bond donors (Lipinski definition) is 25. The van der Waals surface area contributed by atoms with E-state index in [0.29, 0.717) is 16.7 Å². The zero-order chi connectivity index (χ0) is 89.3. The fourth-order valence-corrected chi connectivity index (χ4v) is 13.4. The number of amides is 14. The highest BCUT2D eigenvalue weighted by molar-refractivity contribution is 8.00. The topological polar surface area (TPSA) is 665 Å². The van der Waals surface area contributed by atoms with Crippen molar-refractivity contribution in [2.45, 2.75) is 211 Å². The Labute approximate surface area is 701 Å². The van der Waals surface area contributed by atoms with Gasteiger partial charge in [0.2, 0.25) is 82.7 Å². The summed E-state index contributed by atoms with van der Waals surface area (Å²) in [6, 6.07) is 3.35. The molecule has 0 saturated carbocycles. The number of nitrogens with one attached hydrogen (secondary N) is 19. The molecule has 0 spiro atoms. The first-order valence-electron chi connectivity index (χ1n) is 39.9. The van der Waals surface area contributed by atoms with Crippen LogP contribution in [0, 0.1) is 39.9 Å². The second-order valence-corrected chi connectivity index (χ2v) is 31.2. The van der Waals surface area contributed by atoms with Crippen LogP contribution in [-0.4, -0.2) is 227 Å². The summed E-state index contributed by atoms with van der Waals surface area (Å²) < 4.78 is 0. The molecule has 660 valence electrons. The van der Waals surface area contributed by atoms with Gasteiger partial charge in [0.15, 0.2) is 17.9 Å². The molecule has 40 nitrogen and oxygen atoms in total. The van der Waals surface area contributed by atoms with Crippen LogP contribution in [0.5, 0.6) is 5.75 Å². The number of guanidine groups is 3. The van der Waals surface area contributed by atoms with Crippen LogP contribution in [0.4, 0.5) is 0 Å². The van der Waals surface area contributed by atoms with Crippen molar-refractivity contribution in [2.24, 2.45) is 46.6 Å². The zero-order valence-electron chi connectivity index (χ0n) is 69.0. The van der Waals surface area contributed by atoms with E-state index in [0.717, 1.165) is 11.8 Å². The fraction of sp³-hybridized carbons (Fsp3) is 0.544. The second-order valence-electron chi connectivity index (χ2n) is 30.2. The van der Waals surface area contributed by atoms with E-state index in [1.807, 2.05) is 0 Å². The first-order chi connectivity index (χ1) is 56.8. The second kappa shape index (κ2) is 51.8. The highest BCUT2D eigenvalue weighted by Gasteiger charge is 2.40. The van der Waals surface area contributed by atoms with Crippen molar-refractivity contribution in [2.75, 3.05) is 37.7 Å². The van der Waals surface area contributed by atoms with Gasteiger partial charge in [-0.15, -0.1) is 11.8 Å². The first-order valence-corrected chi connectivity index (χ1v) is 41.0. The number of carboxylic acids is 1. The Kier molecular flexibility index (Phi) is 43.2. The number of aliphatic carboxylic acids is 1. The van der Waals surface area contributed by atoms with Crippen molar-refractivity contribution in [1.29, 1.82) is 16.2 Å². The Bertz CT molecular complexity index is 4000. The van der Waals surface area contributed by atoms with Crippen molar-refractivity contribution in [1.82, 2.24) is 85.1 Å². The van der Waals surface area contributed by atoms with Crippen molar-refractivity contribution >= 4 is 118 Å².